The highest BCUT2D eigenvalue weighted by molar-refractivity contribution is 6.08. The van der Waals surface area contributed by atoms with E-state index in [9.17, 15) is 14.4 Å². The van der Waals surface area contributed by atoms with Crippen molar-refractivity contribution in [3.63, 3.8) is 0 Å². The molecule has 8 heteroatoms. The number of imide groups is 1. The normalized spacial score (nSPS) is 15.5. The fourth-order valence-corrected chi connectivity index (χ4v) is 2.76. The molecule has 0 aliphatic carbocycles. The van der Waals surface area contributed by atoms with Gasteiger partial charge in [-0.1, -0.05) is 6.07 Å². The zero-order valence-electron chi connectivity index (χ0n) is 16.3. The molecule has 2 rings (SSSR count). The number of ether oxygens (including phenoxy) is 2. The van der Waals surface area contributed by atoms with Crippen molar-refractivity contribution in [2.24, 2.45) is 0 Å². The molecule has 1 aliphatic rings. The van der Waals surface area contributed by atoms with Gasteiger partial charge in [-0.05, 0) is 51.8 Å². The minimum Gasteiger partial charge on any atom is -0.490 e. The predicted molar refractivity (Wildman–Crippen MR) is 99.8 cm³/mol. The average Bonchev–Trinajstić information content (AvgIpc) is 2.79. The molecule has 0 spiro atoms. The third-order valence-electron chi connectivity index (χ3n) is 4.09. The molecule has 0 radical (unpaired) electrons. The zero-order valence-corrected chi connectivity index (χ0v) is 16.3. The third kappa shape index (κ3) is 5.12. The first-order valence-electron chi connectivity index (χ1n) is 9.07. The minimum atomic E-state index is -0.977. The van der Waals surface area contributed by atoms with E-state index in [-0.39, 0.29) is 12.5 Å². The Kier molecular flexibility index (Phi) is 6.65. The molecule has 1 fully saturated rings. The second-order valence-electron chi connectivity index (χ2n) is 6.69. The van der Waals surface area contributed by atoms with Gasteiger partial charge >= 0.3 is 6.03 Å². The summed E-state index contributed by atoms with van der Waals surface area (Å²) in [5.74, 6) is 0.570. The molecular formula is C19H27N3O5. The summed E-state index contributed by atoms with van der Waals surface area (Å²) in [7, 11) is 0. The Morgan fingerprint density at radius 2 is 1.81 bits per heavy atom. The van der Waals surface area contributed by atoms with Crippen LogP contribution in [0.4, 0.5) is 4.79 Å². The molecule has 0 atom stereocenters. The van der Waals surface area contributed by atoms with Gasteiger partial charge in [0.1, 0.15) is 12.1 Å². The third-order valence-corrected chi connectivity index (χ3v) is 4.09. The van der Waals surface area contributed by atoms with Gasteiger partial charge in [0, 0.05) is 6.54 Å². The number of hydrogen-bond acceptors (Lipinski definition) is 5. The molecule has 1 aliphatic heterocycles. The number of carbonyl (C=O) groups is 3. The van der Waals surface area contributed by atoms with Crippen LogP contribution >= 0.6 is 0 Å². The van der Waals surface area contributed by atoms with E-state index in [0.717, 1.165) is 10.5 Å². The van der Waals surface area contributed by atoms with Crippen LogP contribution in [0.5, 0.6) is 11.5 Å². The SMILES string of the molecule is CCOc1ccc(CCNC(=O)CN2C(=O)NC(C)(C)C2=O)cc1OCC. The van der Waals surface area contributed by atoms with Crippen molar-refractivity contribution in [3.05, 3.63) is 23.8 Å². The number of amides is 4. The maximum absolute atomic E-state index is 12.1. The molecule has 148 valence electrons. The monoisotopic (exact) mass is 377 g/mol. The molecule has 4 amide bonds. The second kappa shape index (κ2) is 8.75. The van der Waals surface area contributed by atoms with Crippen LogP contribution in [0.25, 0.3) is 0 Å². The first-order chi connectivity index (χ1) is 12.8. The van der Waals surface area contributed by atoms with Crippen LogP contribution in [-0.4, -0.2) is 54.6 Å². The number of benzene rings is 1. The summed E-state index contributed by atoms with van der Waals surface area (Å²) in [5, 5.41) is 5.28. The average molecular weight is 377 g/mol. The fraction of sp³-hybridized carbons (Fsp3) is 0.526. The molecule has 0 bridgehead atoms. The maximum Gasteiger partial charge on any atom is 0.325 e. The summed E-state index contributed by atoms with van der Waals surface area (Å²) >= 11 is 0. The summed E-state index contributed by atoms with van der Waals surface area (Å²) in [6.45, 7) is 8.19. The highest BCUT2D eigenvalue weighted by Crippen LogP contribution is 2.28. The van der Waals surface area contributed by atoms with E-state index in [2.05, 4.69) is 10.6 Å². The summed E-state index contributed by atoms with van der Waals surface area (Å²) in [4.78, 5) is 36.9. The topological polar surface area (TPSA) is 97.0 Å². The number of nitrogens with zero attached hydrogens (tertiary/aromatic N) is 1. The molecule has 1 saturated heterocycles. The maximum atomic E-state index is 12.1. The van der Waals surface area contributed by atoms with Gasteiger partial charge in [-0.2, -0.15) is 0 Å². The molecular weight excluding hydrogens is 350 g/mol. The van der Waals surface area contributed by atoms with Crippen LogP contribution < -0.4 is 20.1 Å². The van der Waals surface area contributed by atoms with Gasteiger partial charge in [0.05, 0.1) is 13.2 Å². The first kappa shape index (κ1) is 20.5. The summed E-state index contributed by atoms with van der Waals surface area (Å²) in [6.07, 6.45) is 0.587. The van der Waals surface area contributed by atoms with Gasteiger partial charge in [-0.25, -0.2) is 4.79 Å². The van der Waals surface area contributed by atoms with E-state index in [1.54, 1.807) is 13.8 Å². The number of hydrogen-bond donors (Lipinski definition) is 2. The van der Waals surface area contributed by atoms with Gasteiger partial charge < -0.3 is 20.1 Å². The van der Waals surface area contributed by atoms with E-state index in [1.807, 2.05) is 32.0 Å². The van der Waals surface area contributed by atoms with Crippen LogP contribution in [0.1, 0.15) is 33.3 Å². The molecule has 0 unspecified atom stereocenters. The van der Waals surface area contributed by atoms with E-state index < -0.39 is 17.5 Å². The van der Waals surface area contributed by atoms with Crippen LogP contribution in [-0.2, 0) is 16.0 Å². The lowest BCUT2D eigenvalue weighted by Gasteiger charge is -2.16. The molecule has 27 heavy (non-hydrogen) atoms. The predicted octanol–water partition coefficient (Wildman–Crippen LogP) is 1.47. The zero-order chi connectivity index (χ0) is 20.0. The number of urea groups is 1. The highest BCUT2D eigenvalue weighted by Gasteiger charge is 2.44. The van der Waals surface area contributed by atoms with Crippen LogP contribution in [0.3, 0.4) is 0 Å². The van der Waals surface area contributed by atoms with Crippen molar-refractivity contribution in [2.75, 3.05) is 26.3 Å². The summed E-state index contributed by atoms with van der Waals surface area (Å²) in [5.41, 5.74) is 0.00773. The Labute approximate surface area is 159 Å². The first-order valence-corrected chi connectivity index (χ1v) is 9.07. The van der Waals surface area contributed by atoms with Gasteiger partial charge in [-0.15, -0.1) is 0 Å². The standard InChI is InChI=1S/C19H27N3O5/c1-5-26-14-8-7-13(11-15(14)27-6-2)9-10-20-16(23)12-22-17(24)19(3,4)21-18(22)25/h7-8,11H,5-6,9-10,12H2,1-4H3,(H,20,23)(H,21,25). The quantitative estimate of drug-likeness (QED) is 0.635. The van der Waals surface area contributed by atoms with Crippen molar-refractivity contribution in [3.8, 4) is 11.5 Å². The van der Waals surface area contributed by atoms with E-state index >= 15 is 0 Å². The van der Waals surface area contributed by atoms with Crippen molar-refractivity contribution in [2.45, 2.75) is 39.7 Å². The lowest BCUT2D eigenvalue weighted by atomic mass is 10.1. The summed E-state index contributed by atoms with van der Waals surface area (Å²) in [6, 6.07) is 5.11. The van der Waals surface area contributed by atoms with Crippen molar-refractivity contribution in [1.82, 2.24) is 15.5 Å². The number of rotatable bonds is 9. The summed E-state index contributed by atoms with van der Waals surface area (Å²) < 4.78 is 11.1. The van der Waals surface area contributed by atoms with Gasteiger partial charge in [-0.3, -0.25) is 14.5 Å². The Balaban J connectivity index is 1.87. The smallest absolute Gasteiger partial charge is 0.325 e. The van der Waals surface area contributed by atoms with Crippen molar-refractivity contribution in [1.29, 1.82) is 0 Å². The molecule has 8 nitrogen and oxygen atoms in total. The lowest BCUT2D eigenvalue weighted by molar-refractivity contribution is -0.134. The fourth-order valence-electron chi connectivity index (χ4n) is 2.76. The van der Waals surface area contributed by atoms with E-state index in [4.69, 9.17) is 9.47 Å². The Morgan fingerprint density at radius 3 is 2.41 bits per heavy atom. The Morgan fingerprint density at radius 1 is 1.15 bits per heavy atom. The Bertz CT molecular complexity index is 717. The van der Waals surface area contributed by atoms with Gasteiger partial charge in [0.25, 0.3) is 5.91 Å². The van der Waals surface area contributed by atoms with Crippen LogP contribution in [0.2, 0.25) is 0 Å². The van der Waals surface area contributed by atoms with Crippen molar-refractivity contribution < 1.29 is 23.9 Å². The molecule has 1 aromatic carbocycles. The largest absolute Gasteiger partial charge is 0.490 e. The molecule has 1 heterocycles. The molecule has 0 aromatic heterocycles. The van der Waals surface area contributed by atoms with Crippen LogP contribution in [0, 0.1) is 0 Å². The van der Waals surface area contributed by atoms with Crippen molar-refractivity contribution >= 4 is 17.8 Å². The lowest BCUT2D eigenvalue weighted by Crippen LogP contribution is -2.43. The Hall–Kier alpha value is -2.77. The van der Waals surface area contributed by atoms with Crippen LogP contribution in [0.15, 0.2) is 18.2 Å². The minimum absolute atomic E-state index is 0.290. The van der Waals surface area contributed by atoms with E-state index in [1.165, 1.54) is 0 Å². The van der Waals surface area contributed by atoms with E-state index in [0.29, 0.717) is 37.7 Å². The molecule has 2 N–H and O–H groups in total. The highest BCUT2D eigenvalue weighted by atomic mass is 16.5. The molecule has 0 saturated carbocycles. The van der Waals surface area contributed by atoms with Gasteiger partial charge in [0.2, 0.25) is 5.91 Å². The number of carbonyl (C=O) groups excluding carboxylic acids is 3. The van der Waals surface area contributed by atoms with Gasteiger partial charge in [0.15, 0.2) is 11.5 Å². The number of nitrogens with one attached hydrogen (secondary N) is 2. The molecule has 1 aromatic rings. The second-order valence-corrected chi connectivity index (χ2v) is 6.69.